The molecular formula is C15H18N2O3. The van der Waals surface area contributed by atoms with E-state index in [0.29, 0.717) is 12.1 Å². The summed E-state index contributed by atoms with van der Waals surface area (Å²) in [7, 11) is 0. The summed E-state index contributed by atoms with van der Waals surface area (Å²) in [6.07, 6.45) is 0.415. The summed E-state index contributed by atoms with van der Waals surface area (Å²) in [5.74, 6) is 5.25. The van der Waals surface area contributed by atoms with Gasteiger partial charge in [-0.2, -0.15) is 0 Å². The third kappa shape index (κ3) is 5.55. The van der Waals surface area contributed by atoms with Gasteiger partial charge in [-0.3, -0.25) is 9.59 Å². The minimum atomic E-state index is -0.293. The largest absolute Gasteiger partial charge is 0.395 e. The van der Waals surface area contributed by atoms with Gasteiger partial charge in [0, 0.05) is 24.6 Å². The molecule has 106 valence electrons. The van der Waals surface area contributed by atoms with E-state index in [1.807, 2.05) is 13.0 Å². The Morgan fingerprint density at radius 3 is 2.75 bits per heavy atom. The summed E-state index contributed by atoms with van der Waals surface area (Å²) >= 11 is 0. The van der Waals surface area contributed by atoms with Gasteiger partial charge in [0.2, 0.25) is 11.8 Å². The van der Waals surface area contributed by atoms with Gasteiger partial charge >= 0.3 is 0 Å². The number of aryl methyl sites for hydroxylation is 1. The molecule has 0 atom stereocenters. The van der Waals surface area contributed by atoms with E-state index < -0.39 is 0 Å². The maximum atomic E-state index is 11.6. The zero-order valence-corrected chi connectivity index (χ0v) is 11.6. The Balaban J connectivity index is 2.72. The van der Waals surface area contributed by atoms with Gasteiger partial charge in [-0.1, -0.05) is 17.9 Å². The van der Waals surface area contributed by atoms with Gasteiger partial charge in [-0.25, -0.2) is 0 Å². The van der Waals surface area contributed by atoms with Crippen LogP contribution in [0, 0.1) is 18.8 Å². The van der Waals surface area contributed by atoms with Crippen molar-refractivity contribution in [1.82, 2.24) is 5.32 Å². The third-order valence-electron chi connectivity index (χ3n) is 2.48. The van der Waals surface area contributed by atoms with Crippen LogP contribution in [0.3, 0.4) is 0 Å². The Labute approximate surface area is 118 Å². The molecular weight excluding hydrogens is 256 g/mol. The molecule has 0 bridgehead atoms. The SMILES string of the molecule is CC(=O)NCC(=O)Nc1ccc(C)c(C#CCCO)c1. The van der Waals surface area contributed by atoms with Crippen LogP contribution >= 0.6 is 0 Å². The van der Waals surface area contributed by atoms with Crippen LogP contribution in [0.15, 0.2) is 18.2 Å². The predicted octanol–water partition coefficient (Wildman–Crippen LogP) is 0.804. The minimum absolute atomic E-state index is 0.0270. The maximum absolute atomic E-state index is 11.6. The molecule has 5 heteroatoms. The summed E-state index contributed by atoms with van der Waals surface area (Å²) in [5, 5.41) is 13.8. The Hall–Kier alpha value is -2.32. The average molecular weight is 274 g/mol. The van der Waals surface area contributed by atoms with Crippen LogP contribution in [0.25, 0.3) is 0 Å². The van der Waals surface area contributed by atoms with E-state index in [1.165, 1.54) is 6.92 Å². The molecule has 5 nitrogen and oxygen atoms in total. The molecule has 0 aliphatic heterocycles. The molecule has 0 aliphatic carbocycles. The van der Waals surface area contributed by atoms with Crippen molar-refractivity contribution in [1.29, 1.82) is 0 Å². The number of carbonyl (C=O) groups is 2. The second kappa shape index (κ2) is 7.97. The summed E-state index contributed by atoms with van der Waals surface area (Å²) in [6, 6.07) is 5.40. The van der Waals surface area contributed by atoms with Gasteiger partial charge in [0.15, 0.2) is 0 Å². The van der Waals surface area contributed by atoms with Crippen LogP contribution in [-0.2, 0) is 9.59 Å². The zero-order valence-electron chi connectivity index (χ0n) is 11.6. The molecule has 0 spiro atoms. The quantitative estimate of drug-likeness (QED) is 0.711. The topological polar surface area (TPSA) is 78.4 Å². The Bertz CT molecular complexity index is 556. The Kier molecular flexibility index (Phi) is 6.27. The van der Waals surface area contributed by atoms with Gasteiger partial charge in [0.1, 0.15) is 0 Å². The number of benzene rings is 1. The summed E-state index contributed by atoms with van der Waals surface area (Å²) in [6.45, 7) is 3.24. The molecule has 0 fully saturated rings. The van der Waals surface area contributed by atoms with E-state index >= 15 is 0 Å². The lowest BCUT2D eigenvalue weighted by Gasteiger charge is -2.07. The second-order valence-electron chi connectivity index (χ2n) is 4.26. The first-order valence-corrected chi connectivity index (χ1v) is 6.27. The number of anilines is 1. The van der Waals surface area contributed by atoms with Crippen molar-refractivity contribution in [2.45, 2.75) is 20.3 Å². The predicted molar refractivity (Wildman–Crippen MR) is 77.1 cm³/mol. The van der Waals surface area contributed by atoms with Crippen molar-refractivity contribution in [2.24, 2.45) is 0 Å². The van der Waals surface area contributed by atoms with Crippen molar-refractivity contribution in [3.8, 4) is 11.8 Å². The molecule has 0 saturated heterocycles. The van der Waals surface area contributed by atoms with E-state index in [9.17, 15) is 9.59 Å². The maximum Gasteiger partial charge on any atom is 0.243 e. The average Bonchev–Trinajstić information content (AvgIpc) is 2.40. The van der Waals surface area contributed by atoms with Crippen LogP contribution in [0.2, 0.25) is 0 Å². The molecule has 1 aromatic carbocycles. The fraction of sp³-hybridized carbons (Fsp3) is 0.333. The number of nitrogens with one attached hydrogen (secondary N) is 2. The lowest BCUT2D eigenvalue weighted by Crippen LogP contribution is -2.31. The summed E-state index contributed by atoms with van der Waals surface area (Å²) in [4.78, 5) is 22.3. The van der Waals surface area contributed by atoms with E-state index in [0.717, 1.165) is 11.1 Å². The molecule has 0 heterocycles. The van der Waals surface area contributed by atoms with Gasteiger partial charge in [-0.05, 0) is 24.6 Å². The van der Waals surface area contributed by atoms with Gasteiger partial charge in [0.05, 0.1) is 13.2 Å². The van der Waals surface area contributed by atoms with Crippen molar-refractivity contribution < 1.29 is 14.7 Å². The van der Waals surface area contributed by atoms with Crippen molar-refractivity contribution in [3.63, 3.8) is 0 Å². The van der Waals surface area contributed by atoms with E-state index in [-0.39, 0.29) is 25.0 Å². The normalized spacial score (nSPS) is 9.35. The van der Waals surface area contributed by atoms with Crippen molar-refractivity contribution in [2.75, 3.05) is 18.5 Å². The van der Waals surface area contributed by atoms with Crippen LogP contribution in [0.5, 0.6) is 0 Å². The molecule has 1 rings (SSSR count). The lowest BCUT2D eigenvalue weighted by molar-refractivity contribution is -0.122. The van der Waals surface area contributed by atoms with E-state index in [2.05, 4.69) is 22.5 Å². The first-order valence-electron chi connectivity index (χ1n) is 6.27. The summed E-state index contributed by atoms with van der Waals surface area (Å²) in [5.41, 5.74) is 2.42. The van der Waals surface area contributed by atoms with E-state index in [4.69, 9.17) is 5.11 Å². The highest BCUT2D eigenvalue weighted by molar-refractivity contribution is 5.94. The molecule has 0 unspecified atom stereocenters. The van der Waals surface area contributed by atoms with E-state index in [1.54, 1.807) is 12.1 Å². The van der Waals surface area contributed by atoms with Crippen molar-refractivity contribution >= 4 is 17.5 Å². The molecule has 0 saturated carbocycles. The fourth-order valence-corrected chi connectivity index (χ4v) is 1.46. The molecule has 0 aromatic heterocycles. The van der Waals surface area contributed by atoms with Crippen LogP contribution in [-0.4, -0.2) is 30.1 Å². The number of amides is 2. The zero-order chi connectivity index (χ0) is 15.0. The second-order valence-corrected chi connectivity index (χ2v) is 4.26. The number of rotatable bonds is 4. The smallest absolute Gasteiger partial charge is 0.243 e. The highest BCUT2D eigenvalue weighted by atomic mass is 16.2. The van der Waals surface area contributed by atoms with Gasteiger partial charge in [0.25, 0.3) is 0 Å². The first-order chi connectivity index (χ1) is 9.52. The van der Waals surface area contributed by atoms with Gasteiger partial charge in [-0.15, -0.1) is 0 Å². The Morgan fingerprint density at radius 2 is 2.10 bits per heavy atom. The number of hydrogen-bond donors (Lipinski definition) is 3. The molecule has 1 aromatic rings. The monoisotopic (exact) mass is 274 g/mol. The number of aliphatic hydroxyl groups is 1. The summed E-state index contributed by atoms with van der Waals surface area (Å²) < 4.78 is 0. The highest BCUT2D eigenvalue weighted by Crippen LogP contribution is 2.14. The fourth-order valence-electron chi connectivity index (χ4n) is 1.46. The number of carbonyl (C=O) groups excluding carboxylic acids is 2. The van der Waals surface area contributed by atoms with Crippen LogP contribution in [0.4, 0.5) is 5.69 Å². The Morgan fingerprint density at radius 1 is 1.35 bits per heavy atom. The molecule has 3 N–H and O–H groups in total. The minimum Gasteiger partial charge on any atom is -0.395 e. The number of hydrogen-bond acceptors (Lipinski definition) is 3. The highest BCUT2D eigenvalue weighted by Gasteiger charge is 2.04. The van der Waals surface area contributed by atoms with Crippen LogP contribution < -0.4 is 10.6 Å². The standard InChI is InChI=1S/C15H18N2O3/c1-11-6-7-14(9-13(11)5-3-4-8-18)17-15(20)10-16-12(2)19/h6-7,9,18H,4,8,10H2,1-2H3,(H,16,19)(H,17,20). The lowest BCUT2D eigenvalue weighted by atomic mass is 10.1. The van der Waals surface area contributed by atoms with Crippen molar-refractivity contribution in [3.05, 3.63) is 29.3 Å². The van der Waals surface area contributed by atoms with Crippen LogP contribution in [0.1, 0.15) is 24.5 Å². The molecule has 2 amide bonds. The third-order valence-corrected chi connectivity index (χ3v) is 2.48. The molecule has 20 heavy (non-hydrogen) atoms. The molecule has 0 aliphatic rings. The first kappa shape index (κ1) is 15.7. The van der Waals surface area contributed by atoms with Gasteiger partial charge < -0.3 is 15.7 Å². The number of aliphatic hydroxyl groups excluding tert-OH is 1. The molecule has 0 radical (unpaired) electrons.